The highest BCUT2D eigenvalue weighted by Gasteiger charge is 2.28. The Bertz CT molecular complexity index is 974. The highest BCUT2D eigenvalue weighted by molar-refractivity contribution is 7.47. The SMILES string of the molecule is CCCCCCCCCC/C=C\CCCCCCCCCCCCCCCCCCCCCCCC(=O)NC(COP(=O)(O)OCC[N+](C)(C)C)C(O)CCCCCC. The second-order valence-electron chi connectivity index (χ2n) is 18.9. The van der Waals surface area contributed by atoms with E-state index >= 15 is 0 Å². The molecule has 1 amide bonds. The summed E-state index contributed by atoms with van der Waals surface area (Å²) in [4.78, 5) is 22.9. The Labute approximate surface area is 367 Å². The lowest BCUT2D eigenvalue weighted by Crippen LogP contribution is -2.46. The van der Waals surface area contributed by atoms with Crippen LogP contribution in [0.2, 0.25) is 0 Å². The normalized spacial score (nSPS) is 14.2. The third-order valence-corrected chi connectivity index (χ3v) is 12.7. The molecule has 0 aromatic carbocycles. The van der Waals surface area contributed by atoms with E-state index in [1.807, 2.05) is 21.1 Å². The summed E-state index contributed by atoms with van der Waals surface area (Å²) in [6.07, 6.45) is 50.6. The highest BCUT2D eigenvalue weighted by atomic mass is 31.2. The van der Waals surface area contributed by atoms with Crippen LogP contribution in [0.25, 0.3) is 0 Å². The highest BCUT2D eigenvalue weighted by Crippen LogP contribution is 2.43. The van der Waals surface area contributed by atoms with Crippen molar-refractivity contribution in [3.05, 3.63) is 12.2 Å². The van der Waals surface area contributed by atoms with Gasteiger partial charge in [0.05, 0.1) is 39.9 Å². The van der Waals surface area contributed by atoms with Gasteiger partial charge in [0.2, 0.25) is 5.91 Å². The molecule has 0 rings (SSSR count). The lowest BCUT2D eigenvalue weighted by Gasteiger charge is -2.26. The third-order valence-electron chi connectivity index (χ3n) is 11.8. The number of hydrogen-bond donors (Lipinski definition) is 3. The van der Waals surface area contributed by atoms with Crippen LogP contribution in [0.3, 0.4) is 0 Å². The molecule has 9 heteroatoms. The van der Waals surface area contributed by atoms with Crippen LogP contribution in [-0.4, -0.2) is 73.4 Å². The molecule has 0 radical (unpaired) electrons. The van der Waals surface area contributed by atoms with Gasteiger partial charge in [0.1, 0.15) is 13.2 Å². The number of nitrogens with one attached hydrogen (secondary N) is 1. The summed E-state index contributed by atoms with van der Waals surface area (Å²) >= 11 is 0. The molecule has 0 aromatic rings. The van der Waals surface area contributed by atoms with Crippen molar-refractivity contribution in [3.8, 4) is 0 Å². The van der Waals surface area contributed by atoms with E-state index in [1.54, 1.807) is 0 Å². The second-order valence-corrected chi connectivity index (χ2v) is 20.4. The van der Waals surface area contributed by atoms with Gasteiger partial charge >= 0.3 is 7.82 Å². The van der Waals surface area contributed by atoms with Gasteiger partial charge < -0.3 is 19.8 Å². The molecule has 0 aliphatic rings. The van der Waals surface area contributed by atoms with Crippen LogP contribution in [0, 0.1) is 0 Å². The number of carbonyl (C=O) groups is 1. The number of aliphatic hydroxyl groups excluding tert-OH is 1. The van der Waals surface area contributed by atoms with E-state index < -0.39 is 20.0 Å². The van der Waals surface area contributed by atoms with Gasteiger partial charge in [-0.2, -0.15) is 0 Å². The molecule has 0 aliphatic carbocycles. The molecule has 3 N–H and O–H groups in total. The Morgan fingerprint density at radius 1 is 0.559 bits per heavy atom. The molecule has 0 spiro atoms. The fourth-order valence-electron chi connectivity index (χ4n) is 7.69. The quantitative estimate of drug-likeness (QED) is 0.0244. The first kappa shape index (κ1) is 58.2. The second kappa shape index (κ2) is 42.5. The number of hydrogen-bond acceptors (Lipinski definition) is 5. The van der Waals surface area contributed by atoms with E-state index in [0.29, 0.717) is 23.9 Å². The number of unbranched alkanes of at least 4 members (excludes halogenated alkanes) is 32. The standard InChI is InChI=1S/C50H101N2O6P/c1-6-8-10-12-13-14-15-16-17-18-19-20-21-22-23-24-25-26-27-28-29-30-31-32-33-34-35-36-37-38-39-40-42-44-50(54)51-48(49(53)43-41-11-9-7-2)47-58-59(55,56)57-46-45-52(3,4)5/h18-19,48-49,53H,6-17,20-47H2,1-5H3,(H-,51,54,55,56)/p+1/b19-18-. The molecule has 3 unspecified atom stereocenters. The molecular formula is C50H102N2O6P+. The topological polar surface area (TPSA) is 105 Å². The van der Waals surface area contributed by atoms with Crippen molar-refractivity contribution in [2.75, 3.05) is 40.9 Å². The van der Waals surface area contributed by atoms with E-state index in [9.17, 15) is 19.4 Å². The Morgan fingerprint density at radius 2 is 0.915 bits per heavy atom. The van der Waals surface area contributed by atoms with Gasteiger partial charge in [0.15, 0.2) is 0 Å². The number of quaternary nitrogens is 1. The van der Waals surface area contributed by atoms with E-state index in [1.165, 1.54) is 180 Å². The molecule has 0 bridgehead atoms. The first-order valence-corrected chi connectivity index (χ1v) is 27.0. The number of allylic oxidation sites excluding steroid dienone is 2. The fraction of sp³-hybridized carbons (Fsp3) is 0.940. The first-order valence-electron chi connectivity index (χ1n) is 25.6. The van der Waals surface area contributed by atoms with Crippen molar-refractivity contribution in [1.29, 1.82) is 0 Å². The maximum absolute atomic E-state index is 12.8. The van der Waals surface area contributed by atoms with E-state index in [0.717, 1.165) is 44.9 Å². The van der Waals surface area contributed by atoms with Gasteiger partial charge in [-0.3, -0.25) is 13.8 Å². The Morgan fingerprint density at radius 3 is 1.31 bits per heavy atom. The van der Waals surface area contributed by atoms with Crippen LogP contribution < -0.4 is 5.32 Å². The van der Waals surface area contributed by atoms with Gasteiger partial charge in [-0.25, -0.2) is 4.57 Å². The van der Waals surface area contributed by atoms with Crippen LogP contribution in [0.15, 0.2) is 12.2 Å². The third kappa shape index (κ3) is 45.1. The van der Waals surface area contributed by atoms with Gasteiger partial charge in [-0.1, -0.05) is 219 Å². The fourth-order valence-corrected chi connectivity index (χ4v) is 8.43. The zero-order valence-electron chi connectivity index (χ0n) is 40.0. The van der Waals surface area contributed by atoms with Crippen molar-refractivity contribution in [3.63, 3.8) is 0 Å². The van der Waals surface area contributed by atoms with Crippen molar-refractivity contribution in [1.82, 2.24) is 5.32 Å². The largest absolute Gasteiger partial charge is 0.472 e. The maximum atomic E-state index is 12.8. The van der Waals surface area contributed by atoms with Crippen LogP contribution in [0.5, 0.6) is 0 Å². The summed E-state index contributed by atoms with van der Waals surface area (Å²) in [6, 6.07) is -0.751. The summed E-state index contributed by atoms with van der Waals surface area (Å²) in [6.45, 7) is 4.78. The summed E-state index contributed by atoms with van der Waals surface area (Å²) in [5, 5.41) is 13.7. The molecule has 3 atom stereocenters. The zero-order chi connectivity index (χ0) is 43.6. The van der Waals surface area contributed by atoms with Crippen LogP contribution in [0.4, 0.5) is 0 Å². The van der Waals surface area contributed by atoms with Crippen molar-refractivity contribution in [2.24, 2.45) is 0 Å². The molecule has 0 fully saturated rings. The number of phosphoric acid groups is 1. The predicted octanol–water partition coefficient (Wildman–Crippen LogP) is 14.7. The molecule has 0 aromatic heterocycles. The summed E-state index contributed by atoms with van der Waals surface area (Å²) < 4.78 is 23.4. The molecule has 0 saturated heterocycles. The number of phosphoric ester groups is 1. The number of rotatable bonds is 47. The first-order chi connectivity index (χ1) is 28.5. The average Bonchev–Trinajstić information content (AvgIpc) is 3.19. The average molecular weight is 858 g/mol. The minimum Gasteiger partial charge on any atom is -0.391 e. The minimum atomic E-state index is -4.29. The number of likely N-dealkylation sites (N-methyl/N-ethyl adjacent to an activating group) is 1. The Hall–Kier alpha value is -0.760. The maximum Gasteiger partial charge on any atom is 0.472 e. The zero-order valence-corrected chi connectivity index (χ0v) is 40.9. The molecule has 8 nitrogen and oxygen atoms in total. The van der Waals surface area contributed by atoms with Crippen LogP contribution in [-0.2, 0) is 18.4 Å². The van der Waals surface area contributed by atoms with Crippen LogP contribution >= 0.6 is 7.82 Å². The lowest BCUT2D eigenvalue weighted by molar-refractivity contribution is -0.870. The minimum absolute atomic E-state index is 0.0760. The molecule has 352 valence electrons. The lowest BCUT2D eigenvalue weighted by atomic mass is 10.0. The smallest absolute Gasteiger partial charge is 0.391 e. The van der Waals surface area contributed by atoms with Gasteiger partial charge in [-0.15, -0.1) is 0 Å². The Kier molecular flexibility index (Phi) is 42.0. The number of carbonyl (C=O) groups excluding carboxylic acids is 1. The van der Waals surface area contributed by atoms with Gasteiger partial charge in [0, 0.05) is 6.42 Å². The van der Waals surface area contributed by atoms with E-state index in [4.69, 9.17) is 9.05 Å². The predicted molar refractivity (Wildman–Crippen MR) is 254 cm³/mol. The van der Waals surface area contributed by atoms with Gasteiger partial charge in [-0.05, 0) is 38.5 Å². The van der Waals surface area contributed by atoms with Crippen LogP contribution in [0.1, 0.15) is 251 Å². The molecule has 0 heterocycles. The number of nitrogens with zero attached hydrogens (tertiary/aromatic N) is 1. The van der Waals surface area contributed by atoms with E-state index in [2.05, 4.69) is 31.3 Å². The molecule has 0 saturated carbocycles. The van der Waals surface area contributed by atoms with Crippen molar-refractivity contribution >= 4 is 13.7 Å². The molecular weight excluding hydrogens is 756 g/mol. The molecule has 59 heavy (non-hydrogen) atoms. The summed E-state index contributed by atoms with van der Waals surface area (Å²) in [5.41, 5.74) is 0. The Balaban J connectivity index is 3.70. The van der Waals surface area contributed by atoms with Crippen molar-refractivity contribution < 1.29 is 32.9 Å². The summed E-state index contributed by atoms with van der Waals surface area (Å²) in [5.74, 6) is -0.149. The number of amides is 1. The van der Waals surface area contributed by atoms with Crippen molar-refractivity contribution in [2.45, 2.75) is 264 Å². The monoisotopic (exact) mass is 858 g/mol. The summed E-state index contributed by atoms with van der Waals surface area (Å²) in [7, 11) is 1.62. The van der Waals surface area contributed by atoms with E-state index in [-0.39, 0.29) is 19.1 Å². The number of aliphatic hydroxyl groups is 1. The van der Waals surface area contributed by atoms with Gasteiger partial charge in [0.25, 0.3) is 0 Å². The molecule has 0 aliphatic heterocycles.